The van der Waals surface area contributed by atoms with Gasteiger partial charge in [0.15, 0.2) is 0 Å². The summed E-state index contributed by atoms with van der Waals surface area (Å²) in [7, 11) is 1.70. The monoisotopic (exact) mass is 215 g/mol. The number of ether oxygens (including phenoxy) is 1. The van der Waals surface area contributed by atoms with Gasteiger partial charge in [0.25, 0.3) is 0 Å². The molecular formula is C11H18ClNO. The van der Waals surface area contributed by atoms with Crippen LogP contribution in [0.25, 0.3) is 0 Å². The summed E-state index contributed by atoms with van der Waals surface area (Å²) in [5.74, 6) is 1.42. The molecule has 0 amide bonds. The minimum Gasteiger partial charge on any atom is -0.496 e. The Labute approximate surface area is 91.9 Å². The number of rotatable bonds is 3. The molecule has 0 aliphatic carbocycles. The molecular weight excluding hydrogens is 198 g/mol. The van der Waals surface area contributed by atoms with Crippen molar-refractivity contribution in [3.05, 3.63) is 29.3 Å². The number of nitrogens with two attached hydrogens (primary N) is 1. The minimum absolute atomic E-state index is 0. The van der Waals surface area contributed by atoms with Gasteiger partial charge >= 0.3 is 0 Å². The van der Waals surface area contributed by atoms with Crippen LogP contribution in [0.15, 0.2) is 18.2 Å². The molecule has 1 rings (SSSR count). The number of benzene rings is 1. The molecule has 0 radical (unpaired) electrons. The van der Waals surface area contributed by atoms with Crippen LogP contribution in [-0.2, 0) is 6.54 Å². The molecule has 0 fully saturated rings. The molecule has 2 N–H and O–H groups in total. The Morgan fingerprint density at radius 3 is 2.43 bits per heavy atom. The molecule has 80 valence electrons. The standard InChI is InChI=1S/C11H17NO.ClH/c1-8(2)10-6-9(7-12)4-5-11(10)13-3;/h4-6,8H,7,12H2,1-3H3;1H. The van der Waals surface area contributed by atoms with Crippen molar-refractivity contribution < 1.29 is 4.74 Å². The van der Waals surface area contributed by atoms with Crippen LogP contribution < -0.4 is 10.5 Å². The largest absolute Gasteiger partial charge is 0.496 e. The molecule has 0 saturated carbocycles. The highest BCUT2D eigenvalue weighted by Crippen LogP contribution is 2.26. The van der Waals surface area contributed by atoms with E-state index in [1.807, 2.05) is 12.1 Å². The lowest BCUT2D eigenvalue weighted by Crippen LogP contribution is -2.00. The summed E-state index contributed by atoms with van der Waals surface area (Å²) in [5, 5.41) is 0. The summed E-state index contributed by atoms with van der Waals surface area (Å²) in [5.41, 5.74) is 7.95. The summed E-state index contributed by atoms with van der Waals surface area (Å²) < 4.78 is 5.27. The number of halogens is 1. The second-order valence-electron chi connectivity index (χ2n) is 3.44. The van der Waals surface area contributed by atoms with Gasteiger partial charge in [-0.25, -0.2) is 0 Å². The summed E-state index contributed by atoms with van der Waals surface area (Å²) >= 11 is 0. The van der Waals surface area contributed by atoms with E-state index in [-0.39, 0.29) is 12.4 Å². The molecule has 0 heterocycles. The highest BCUT2D eigenvalue weighted by Gasteiger charge is 2.07. The Morgan fingerprint density at radius 2 is 2.00 bits per heavy atom. The SMILES string of the molecule is COc1ccc(CN)cc1C(C)C.Cl. The third-order valence-electron chi connectivity index (χ3n) is 2.15. The van der Waals surface area contributed by atoms with Crippen molar-refractivity contribution in [1.29, 1.82) is 0 Å². The fourth-order valence-corrected chi connectivity index (χ4v) is 1.36. The number of hydrogen-bond donors (Lipinski definition) is 1. The van der Waals surface area contributed by atoms with E-state index in [0.29, 0.717) is 12.5 Å². The predicted octanol–water partition coefficient (Wildman–Crippen LogP) is 2.70. The van der Waals surface area contributed by atoms with E-state index >= 15 is 0 Å². The predicted molar refractivity (Wildman–Crippen MR) is 62.2 cm³/mol. The number of hydrogen-bond acceptors (Lipinski definition) is 2. The molecule has 14 heavy (non-hydrogen) atoms. The second kappa shape index (κ2) is 5.89. The molecule has 0 atom stereocenters. The van der Waals surface area contributed by atoms with Gasteiger partial charge in [-0.05, 0) is 23.1 Å². The smallest absolute Gasteiger partial charge is 0.122 e. The molecule has 0 spiro atoms. The van der Waals surface area contributed by atoms with Crippen molar-refractivity contribution in [2.45, 2.75) is 26.3 Å². The van der Waals surface area contributed by atoms with Gasteiger partial charge in [-0.15, -0.1) is 12.4 Å². The summed E-state index contributed by atoms with van der Waals surface area (Å²) in [6.07, 6.45) is 0. The fourth-order valence-electron chi connectivity index (χ4n) is 1.36. The average molecular weight is 216 g/mol. The summed E-state index contributed by atoms with van der Waals surface area (Å²) in [6.45, 7) is 4.89. The maximum absolute atomic E-state index is 5.57. The van der Waals surface area contributed by atoms with Gasteiger partial charge < -0.3 is 10.5 Å². The second-order valence-corrected chi connectivity index (χ2v) is 3.44. The first kappa shape index (κ1) is 13.3. The molecule has 1 aromatic carbocycles. The first-order valence-corrected chi connectivity index (χ1v) is 4.56. The topological polar surface area (TPSA) is 35.2 Å². The lowest BCUT2D eigenvalue weighted by atomic mass is 9.99. The first-order valence-electron chi connectivity index (χ1n) is 4.56. The highest BCUT2D eigenvalue weighted by molar-refractivity contribution is 5.85. The van der Waals surface area contributed by atoms with Crippen LogP contribution in [-0.4, -0.2) is 7.11 Å². The van der Waals surface area contributed by atoms with Crippen molar-refractivity contribution >= 4 is 12.4 Å². The zero-order valence-corrected chi connectivity index (χ0v) is 9.73. The van der Waals surface area contributed by atoms with Crippen LogP contribution in [0.3, 0.4) is 0 Å². The molecule has 0 aliphatic heterocycles. The van der Waals surface area contributed by atoms with Crippen LogP contribution >= 0.6 is 12.4 Å². The van der Waals surface area contributed by atoms with Crippen molar-refractivity contribution in [3.63, 3.8) is 0 Å². The third-order valence-corrected chi connectivity index (χ3v) is 2.15. The van der Waals surface area contributed by atoms with Crippen LogP contribution in [0.2, 0.25) is 0 Å². The van der Waals surface area contributed by atoms with Crippen molar-refractivity contribution in [2.24, 2.45) is 5.73 Å². The normalized spacial score (nSPS) is 9.79. The summed E-state index contributed by atoms with van der Waals surface area (Å²) in [4.78, 5) is 0. The molecule has 0 unspecified atom stereocenters. The molecule has 3 heteroatoms. The summed E-state index contributed by atoms with van der Waals surface area (Å²) in [6, 6.07) is 6.10. The van der Waals surface area contributed by atoms with Crippen LogP contribution in [0.4, 0.5) is 0 Å². The average Bonchev–Trinajstić information content (AvgIpc) is 2.16. The van der Waals surface area contributed by atoms with Gasteiger partial charge in [0.05, 0.1) is 7.11 Å². The van der Waals surface area contributed by atoms with E-state index in [1.54, 1.807) is 7.11 Å². The van der Waals surface area contributed by atoms with Gasteiger partial charge in [0, 0.05) is 6.54 Å². The van der Waals surface area contributed by atoms with Gasteiger partial charge in [-0.1, -0.05) is 26.0 Å². The molecule has 2 nitrogen and oxygen atoms in total. The lowest BCUT2D eigenvalue weighted by molar-refractivity contribution is 0.407. The number of methoxy groups -OCH3 is 1. The van der Waals surface area contributed by atoms with Gasteiger partial charge in [-0.3, -0.25) is 0 Å². The van der Waals surface area contributed by atoms with Crippen LogP contribution in [0.5, 0.6) is 5.75 Å². The Hall–Kier alpha value is -0.730. The Morgan fingerprint density at radius 1 is 1.36 bits per heavy atom. The van der Waals surface area contributed by atoms with Crippen molar-refractivity contribution in [2.75, 3.05) is 7.11 Å². The lowest BCUT2D eigenvalue weighted by Gasteiger charge is -2.12. The Balaban J connectivity index is 0.00000169. The van der Waals surface area contributed by atoms with E-state index in [0.717, 1.165) is 11.3 Å². The van der Waals surface area contributed by atoms with Crippen molar-refractivity contribution in [3.8, 4) is 5.75 Å². The van der Waals surface area contributed by atoms with Gasteiger partial charge in [-0.2, -0.15) is 0 Å². The maximum atomic E-state index is 5.57. The van der Waals surface area contributed by atoms with E-state index in [9.17, 15) is 0 Å². The van der Waals surface area contributed by atoms with Crippen LogP contribution in [0, 0.1) is 0 Å². The molecule has 0 aliphatic rings. The molecule has 0 bridgehead atoms. The van der Waals surface area contributed by atoms with E-state index in [4.69, 9.17) is 10.5 Å². The Bertz CT molecular complexity index is 287. The van der Waals surface area contributed by atoms with E-state index < -0.39 is 0 Å². The van der Waals surface area contributed by atoms with E-state index in [1.165, 1.54) is 5.56 Å². The highest BCUT2D eigenvalue weighted by atomic mass is 35.5. The maximum Gasteiger partial charge on any atom is 0.122 e. The molecule has 0 saturated heterocycles. The molecule has 1 aromatic rings. The molecule has 0 aromatic heterocycles. The van der Waals surface area contributed by atoms with Crippen molar-refractivity contribution in [1.82, 2.24) is 0 Å². The zero-order chi connectivity index (χ0) is 9.84. The quantitative estimate of drug-likeness (QED) is 0.842. The minimum atomic E-state index is 0. The first-order chi connectivity index (χ1) is 6.19. The zero-order valence-electron chi connectivity index (χ0n) is 8.91. The van der Waals surface area contributed by atoms with Crippen LogP contribution in [0.1, 0.15) is 30.9 Å². The van der Waals surface area contributed by atoms with E-state index in [2.05, 4.69) is 19.9 Å². The Kier molecular flexibility index (Phi) is 5.58. The van der Waals surface area contributed by atoms with Gasteiger partial charge in [0.1, 0.15) is 5.75 Å². The van der Waals surface area contributed by atoms with Gasteiger partial charge in [0.2, 0.25) is 0 Å². The third kappa shape index (κ3) is 2.89. The fraction of sp³-hybridized carbons (Fsp3) is 0.455.